The molecule has 7 heteroatoms. The van der Waals surface area contributed by atoms with E-state index in [-0.39, 0.29) is 24.3 Å². The topological polar surface area (TPSA) is 60.5 Å². The lowest BCUT2D eigenvalue weighted by Gasteiger charge is -2.28. The van der Waals surface area contributed by atoms with Crippen molar-refractivity contribution in [1.29, 1.82) is 0 Å². The molecule has 0 saturated heterocycles. The third-order valence-electron chi connectivity index (χ3n) is 3.71. The van der Waals surface area contributed by atoms with Gasteiger partial charge < -0.3 is 14.8 Å². The number of carbonyl (C=O) groups excluding carboxylic acids is 1. The van der Waals surface area contributed by atoms with Gasteiger partial charge >= 0.3 is 6.61 Å². The lowest BCUT2D eigenvalue weighted by Crippen LogP contribution is -2.30. The molecule has 1 fully saturated rings. The Bertz CT molecular complexity index is 499. The van der Waals surface area contributed by atoms with E-state index in [1.807, 2.05) is 0 Å². The molecule has 0 unspecified atom stereocenters. The highest BCUT2D eigenvalue weighted by molar-refractivity contribution is 5.92. The zero-order chi connectivity index (χ0) is 15.9. The maximum atomic E-state index is 12.3. The number of carbonyl (C=O) groups is 1. The van der Waals surface area contributed by atoms with Gasteiger partial charge in [-0.25, -0.2) is 4.98 Å². The zero-order valence-electron chi connectivity index (χ0n) is 12.4. The summed E-state index contributed by atoms with van der Waals surface area (Å²) >= 11 is 0. The van der Waals surface area contributed by atoms with Crippen molar-refractivity contribution in [3.63, 3.8) is 0 Å². The second-order valence-corrected chi connectivity index (χ2v) is 5.39. The van der Waals surface area contributed by atoms with Crippen LogP contribution in [0.15, 0.2) is 18.3 Å². The van der Waals surface area contributed by atoms with Crippen LogP contribution < -0.4 is 10.1 Å². The number of hydrogen-bond acceptors (Lipinski definition) is 4. The number of rotatable bonds is 6. The number of halogens is 2. The molecule has 5 nitrogen and oxygen atoms in total. The first-order chi connectivity index (χ1) is 10.6. The summed E-state index contributed by atoms with van der Waals surface area (Å²) in [5.74, 6) is -0.213. The third kappa shape index (κ3) is 4.91. The van der Waals surface area contributed by atoms with Gasteiger partial charge in [-0.1, -0.05) is 19.8 Å². The van der Waals surface area contributed by atoms with Crippen LogP contribution in [0.1, 0.15) is 32.6 Å². The van der Waals surface area contributed by atoms with Crippen molar-refractivity contribution in [3.05, 3.63) is 18.3 Å². The van der Waals surface area contributed by atoms with E-state index in [1.54, 1.807) is 0 Å². The molecule has 1 aliphatic rings. The monoisotopic (exact) mass is 314 g/mol. The Balaban J connectivity index is 1.86. The normalized spacial score (nSPS) is 21.6. The molecule has 1 saturated carbocycles. The van der Waals surface area contributed by atoms with Gasteiger partial charge in [-0.2, -0.15) is 8.78 Å². The Kier molecular flexibility index (Phi) is 6.06. The molecular weight excluding hydrogens is 294 g/mol. The summed E-state index contributed by atoms with van der Waals surface area (Å²) in [4.78, 5) is 15.7. The van der Waals surface area contributed by atoms with Crippen molar-refractivity contribution in [1.82, 2.24) is 4.98 Å². The summed E-state index contributed by atoms with van der Waals surface area (Å²) < 4.78 is 34.5. The van der Waals surface area contributed by atoms with Gasteiger partial charge in [0, 0.05) is 6.20 Å². The molecule has 0 aliphatic heterocycles. The molecular formula is C15H20F2N2O3. The molecule has 1 aromatic heterocycles. The quantitative estimate of drug-likeness (QED) is 0.876. The van der Waals surface area contributed by atoms with Crippen molar-refractivity contribution in [2.45, 2.75) is 45.3 Å². The number of ether oxygens (including phenoxy) is 2. The SMILES string of the molecule is C[C@H]1CCCC[C@@H]1OCC(=O)Nc1ncccc1OC(F)F. The van der Waals surface area contributed by atoms with Crippen molar-refractivity contribution in [3.8, 4) is 5.75 Å². The van der Waals surface area contributed by atoms with Crippen molar-refractivity contribution >= 4 is 11.7 Å². The molecule has 1 aromatic rings. The van der Waals surface area contributed by atoms with Crippen LogP contribution in [-0.2, 0) is 9.53 Å². The maximum Gasteiger partial charge on any atom is 0.387 e. The summed E-state index contributed by atoms with van der Waals surface area (Å²) in [5, 5.41) is 2.44. The number of alkyl halides is 2. The molecule has 1 amide bonds. The summed E-state index contributed by atoms with van der Waals surface area (Å²) in [7, 11) is 0. The minimum absolute atomic E-state index is 0.0342. The third-order valence-corrected chi connectivity index (χ3v) is 3.71. The average Bonchev–Trinajstić information content (AvgIpc) is 2.48. The van der Waals surface area contributed by atoms with Gasteiger partial charge in [0.2, 0.25) is 0 Å². The van der Waals surface area contributed by atoms with Crippen LogP contribution in [0.3, 0.4) is 0 Å². The highest BCUT2D eigenvalue weighted by atomic mass is 19.3. The van der Waals surface area contributed by atoms with E-state index >= 15 is 0 Å². The Labute approximate surface area is 128 Å². The van der Waals surface area contributed by atoms with Gasteiger partial charge in [-0.15, -0.1) is 0 Å². The zero-order valence-corrected chi connectivity index (χ0v) is 12.4. The summed E-state index contributed by atoms with van der Waals surface area (Å²) in [6.45, 7) is -0.992. The van der Waals surface area contributed by atoms with Gasteiger partial charge in [-0.05, 0) is 30.9 Å². The fraction of sp³-hybridized carbons (Fsp3) is 0.600. The van der Waals surface area contributed by atoms with E-state index in [2.05, 4.69) is 22.0 Å². The van der Waals surface area contributed by atoms with Crippen molar-refractivity contribution in [2.75, 3.05) is 11.9 Å². The Morgan fingerprint density at radius 3 is 2.95 bits per heavy atom. The Hall–Kier alpha value is -1.76. The molecule has 0 bridgehead atoms. The lowest BCUT2D eigenvalue weighted by molar-refractivity contribution is -0.124. The van der Waals surface area contributed by atoms with Gasteiger partial charge in [-0.3, -0.25) is 4.79 Å². The number of nitrogens with one attached hydrogen (secondary N) is 1. The van der Waals surface area contributed by atoms with Gasteiger partial charge in [0.15, 0.2) is 11.6 Å². The number of hydrogen-bond donors (Lipinski definition) is 1. The first-order valence-electron chi connectivity index (χ1n) is 7.37. The molecule has 1 heterocycles. The maximum absolute atomic E-state index is 12.3. The van der Waals surface area contributed by atoms with Gasteiger partial charge in [0.1, 0.15) is 6.61 Å². The highest BCUT2D eigenvalue weighted by Gasteiger charge is 2.23. The van der Waals surface area contributed by atoms with Gasteiger partial charge in [0.25, 0.3) is 5.91 Å². The molecule has 0 spiro atoms. The molecule has 0 aromatic carbocycles. The standard InChI is InChI=1S/C15H20F2N2O3/c1-10-5-2-3-6-11(10)21-9-13(20)19-14-12(22-15(16)17)7-4-8-18-14/h4,7-8,10-11,15H,2-3,5-6,9H2,1H3,(H,18,19,20)/t10-,11-/m0/s1. The van der Waals surface area contributed by atoms with E-state index in [0.29, 0.717) is 5.92 Å². The number of aromatic nitrogens is 1. The van der Waals surface area contributed by atoms with Crippen LogP contribution in [0.5, 0.6) is 5.75 Å². The largest absolute Gasteiger partial charge is 0.431 e. The van der Waals surface area contributed by atoms with Crippen LogP contribution in [0.25, 0.3) is 0 Å². The fourth-order valence-electron chi connectivity index (χ4n) is 2.56. The number of amides is 1. The van der Waals surface area contributed by atoms with Crippen LogP contribution in [-0.4, -0.2) is 30.2 Å². The van der Waals surface area contributed by atoms with Crippen LogP contribution in [0.4, 0.5) is 14.6 Å². The number of nitrogens with zero attached hydrogens (tertiary/aromatic N) is 1. The molecule has 22 heavy (non-hydrogen) atoms. The molecule has 2 rings (SSSR count). The second kappa shape index (κ2) is 8.03. The van der Waals surface area contributed by atoms with Crippen LogP contribution >= 0.6 is 0 Å². The molecule has 0 radical (unpaired) electrons. The molecule has 122 valence electrons. The summed E-state index contributed by atoms with van der Waals surface area (Å²) in [6, 6.07) is 2.77. The van der Waals surface area contributed by atoms with Crippen molar-refractivity contribution in [2.24, 2.45) is 5.92 Å². The van der Waals surface area contributed by atoms with Crippen LogP contribution in [0.2, 0.25) is 0 Å². The second-order valence-electron chi connectivity index (χ2n) is 5.39. The summed E-state index contributed by atoms with van der Waals surface area (Å²) in [6.07, 6.45) is 5.79. The van der Waals surface area contributed by atoms with Gasteiger partial charge in [0.05, 0.1) is 6.10 Å². The number of pyridine rings is 1. The molecule has 2 atom stereocenters. The van der Waals surface area contributed by atoms with Crippen LogP contribution in [0, 0.1) is 5.92 Å². The van der Waals surface area contributed by atoms with E-state index in [9.17, 15) is 13.6 Å². The predicted molar refractivity (Wildman–Crippen MR) is 76.9 cm³/mol. The minimum atomic E-state index is -2.97. The smallest absolute Gasteiger partial charge is 0.387 e. The van der Waals surface area contributed by atoms with Crippen molar-refractivity contribution < 1.29 is 23.0 Å². The number of anilines is 1. The summed E-state index contributed by atoms with van der Waals surface area (Å²) in [5.41, 5.74) is 0. The van der Waals surface area contributed by atoms with E-state index < -0.39 is 12.5 Å². The average molecular weight is 314 g/mol. The predicted octanol–water partition coefficient (Wildman–Crippen LogP) is 3.22. The fourth-order valence-corrected chi connectivity index (χ4v) is 2.56. The van der Waals surface area contributed by atoms with E-state index in [4.69, 9.17) is 4.74 Å². The van der Waals surface area contributed by atoms with E-state index in [0.717, 1.165) is 19.3 Å². The Morgan fingerprint density at radius 1 is 1.45 bits per heavy atom. The molecule has 1 N–H and O–H groups in total. The first kappa shape index (κ1) is 16.6. The Morgan fingerprint density at radius 2 is 2.23 bits per heavy atom. The van der Waals surface area contributed by atoms with E-state index in [1.165, 1.54) is 24.8 Å². The minimum Gasteiger partial charge on any atom is -0.431 e. The molecule has 1 aliphatic carbocycles. The first-order valence-corrected chi connectivity index (χ1v) is 7.37. The lowest BCUT2D eigenvalue weighted by atomic mass is 9.88. The highest BCUT2D eigenvalue weighted by Crippen LogP contribution is 2.26.